The maximum absolute atomic E-state index is 14.9. The van der Waals surface area contributed by atoms with Gasteiger partial charge in [0.05, 0.1) is 24.7 Å². The van der Waals surface area contributed by atoms with Crippen LogP contribution in [0.3, 0.4) is 0 Å². The predicted octanol–water partition coefficient (Wildman–Crippen LogP) is 3.14. The molecule has 0 spiro atoms. The van der Waals surface area contributed by atoms with Gasteiger partial charge in [-0.3, -0.25) is 9.36 Å². The van der Waals surface area contributed by atoms with Gasteiger partial charge in [0.15, 0.2) is 0 Å². The number of quaternary nitrogens is 1. The van der Waals surface area contributed by atoms with Crippen molar-refractivity contribution in [2.45, 2.75) is 19.6 Å². The Morgan fingerprint density at radius 1 is 0.844 bits per heavy atom. The number of methoxy groups -OCH3 is 1. The van der Waals surface area contributed by atoms with Gasteiger partial charge in [0.2, 0.25) is 0 Å². The molecule has 0 aliphatic heterocycles. The summed E-state index contributed by atoms with van der Waals surface area (Å²) >= 11 is 7.51. The fraction of sp³-hybridized carbons (Fsp3) is 0.118. The summed E-state index contributed by atoms with van der Waals surface area (Å²) in [5.74, 6) is -0.898. The molecule has 0 saturated heterocycles. The zero-order valence-electron chi connectivity index (χ0n) is 24.0. The van der Waals surface area contributed by atoms with Gasteiger partial charge in [-0.15, -0.1) is 11.3 Å². The van der Waals surface area contributed by atoms with Gasteiger partial charge in [0, 0.05) is 26.6 Å². The number of ether oxygens (including phenoxy) is 1. The van der Waals surface area contributed by atoms with Crippen molar-refractivity contribution in [3.05, 3.63) is 151 Å². The minimum Gasteiger partial charge on any atom is -1.00 e. The molecule has 0 amide bonds. The van der Waals surface area contributed by atoms with E-state index in [0.717, 1.165) is 38.3 Å². The Labute approximate surface area is 272 Å². The summed E-state index contributed by atoms with van der Waals surface area (Å²) in [5.41, 5.74) is 1.37. The second-order valence-electron chi connectivity index (χ2n) is 10.2. The number of aromatic nitrogens is 2. The molecule has 0 aliphatic rings. The van der Waals surface area contributed by atoms with Crippen LogP contribution in [0.2, 0.25) is 5.02 Å². The minimum atomic E-state index is -0.783. The fourth-order valence-electron chi connectivity index (χ4n) is 5.26. The number of halogens is 4. The lowest BCUT2D eigenvalue weighted by atomic mass is 10.1. The van der Waals surface area contributed by atoms with E-state index in [-0.39, 0.29) is 23.7 Å². The molecule has 2 aromatic heterocycles. The van der Waals surface area contributed by atoms with Crippen LogP contribution in [0.1, 0.15) is 16.7 Å². The molecule has 4 aromatic carbocycles. The number of hydrogen-bond acceptors (Lipinski definition) is 4. The van der Waals surface area contributed by atoms with Crippen molar-refractivity contribution in [1.29, 1.82) is 0 Å². The van der Waals surface area contributed by atoms with Crippen LogP contribution in [0.15, 0.2) is 107 Å². The highest BCUT2D eigenvalue weighted by molar-refractivity contribution is 7.22. The Kier molecular flexibility index (Phi) is 9.84. The number of hydrogen-bond donors (Lipinski definition) is 1. The maximum Gasteiger partial charge on any atom is 0.337 e. The summed E-state index contributed by atoms with van der Waals surface area (Å²) in [4.78, 5) is 29.5. The van der Waals surface area contributed by atoms with Crippen molar-refractivity contribution in [2.75, 3.05) is 7.11 Å². The molecule has 6 aromatic rings. The molecule has 45 heavy (non-hydrogen) atoms. The Morgan fingerprint density at radius 2 is 1.53 bits per heavy atom. The van der Waals surface area contributed by atoms with Gasteiger partial charge in [-0.05, 0) is 60.2 Å². The first-order valence-corrected chi connectivity index (χ1v) is 15.0. The molecule has 11 heteroatoms. The van der Waals surface area contributed by atoms with E-state index in [0.29, 0.717) is 34.1 Å². The third-order valence-electron chi connectivity index (χ3n) is 7.44. The van der Waals surface area contributed by atoms with Crippen molar-refractivity contribution in [2.24, 2.45) is 0 Å². The average molecular weight is 667 g/mol. The molecule has 0 fully saturated rings. The monoisotopic (exact) mass is 665 g/mol. The second kappa shape index (κ2) is 13.8. The van der Waals surface area contributed by atoms with Crippen LogP contribution in [0.25, 0.3) is 26.3 Å². The minimum absolute atomic E-state index is 0. The standard InChI is InChI=1S/C34H26ClF2N3O3S.ClH/c1-43-25-15-13-22(14-16-25)31-26(19-38-18-21-7-3-2-4-8-21)30-32(41)40(24-10-5-9-23(35)17-24)34(42)39(33(30)44-31)20-27-28(36)11-6-12-29(27)37;/h2-17,38H,18-20H2,1H3;1H. The highest BCUT2D eigenvalue weighted by atomic mass is 35.5. The van der Waals surface area contributed by atoms with E-state index in [1.165, 1.54) is 28.0 Å². The zero-order valence-corrected chi connectivity index (χ0v) is 26.3. The number of benzene rings is 4. The van der Waals surface area contributed by atoms with Gasteiger partial charge < -0.3 is 22.5 Å². The largest absolute Gasteiger partial charge is 1.00 e. The molecular weight excluding hydrogens is 639 g/mol. The second-order valence-corrected chi connectivity index (χ2v) is 11.6. The lowest BCUT2D eigenvalue weighted by Gasteiger charge is -2.14. The van der Waals surface area contributed by atoms with Gasteiger partial charge >= 0.3 is 5.69 Å². The van der Waals surface area contributed by atoms with Crippen molar-refractivity contribution in [1.82, 2.24) is 9.13 Å². The third-order valence-corrected chi connectivity index (χ3v) is 8.98. The third kappa shape index (κ3) is 6.43. The first-order valence-electron chi connectivity index (χ1n) is 13.9. The van der Waals surface area contributed by atoms with Crippen LogP contribution in [-0.4, -0.2) is 16.2 Å². The van der Waals surface area contributed by atoms with Gasteiger partial charge in [-0.2, -0.15) is 0 Å². The molecule has 2 heterocycles. The molecule has 2 N–H and O–H groups in total. The Hall–Kier alpha value is -4.28. The topological polar surface area (TPSA) is 69.8 Å². The highest BCUT2D eigenvalue weighted by Gasteiger charge is 2.26. The summed E-state index contributed by atoms with van der Waals surface area (Å²) in [6.45, 7) is 0.653. The van der Waals surface area contributed by atoms with E-state index < -0.39 is 29.4 Å². The van der Waals surface area contributed by atoms with E-state index in [2.05, 4.69) is 5.32 Å². The van der Waals surface area contributed by atoms with Crippen LogP contribution in [0.5, 0.6) is 5.75 Å². The molecule has 0 unspecified atom stereocenters. The SMILES string of the molecule is COc1ccc(-c2sc3c(c2C[NH2+]Cc2ccccc2)c(=O)n(-c2cccc(Cl)c2)c(=O)n3Cc2c(F)cccc2F)cc1.[Cl-]. The summed E-state index contributed by atoms with van der Waals surface area (Å²) in [6, 6.07) is 27.3. The first kappa shape index (κ1) is 32.1. The molecule has 6 nitrogen and oxygen atoms in total. The maximum atomic E-state index is 14.9. The molecule has 6 rings (SSSR count). The fourth-order valence-corrected chi connectivity index (χ4v) is 6.77. The van der Waals surface area contributed by atoms with Crippen LogP contribution < -0.4 is 33.7 Å². The summed E-state index contributed by atoms with van der Waals surface area (Å²) < 4.78 is 37.5. The van der Waals surface area contributed by atoms with E-state index in [1.54, 1.807) is 25.3 Å². The van der Waals surface area contributed by atoms with Crippen molar-refractivity contribution in [3.63, 3.8) is 0 Å². The summed E-state index contributed by atoms with van der Waals surface area (Å²) in [5, 5.41) is 2.72. The van der Waals surface area contributed by atoms with Crippen LogP contribution in [0.4, 0.5) is 8.78 Å². The van der Waals surface area contributed by atoms with E-state index in [9.17, 15) is 18.4 Å². The predicted molar refractivity (Wildman–Crippen MR) is 170 cm³/mol. The van der Waals surface area contributed by atoms with E-state index >= 15 is 0 Å². The lowest BCUT2D eigenvalue weighted by molar-refractivity contribution is -0.686. The quantitative estimate of drug-likeness (QED) is 0.258. The Morgan fingerprint density at radius 3 is 2.20 bits per heavy atom. The van der Waals surface area contributed by atoms with E-state index in [1.807, 2.05) is 54.6 Å². The number of fused-ring (bicyclic) bond motifs is 1. The van der Waals surface area contributed by atoms with Gasteiger partial charge in [0.1, 0.15) is 35.3 Å². The number of thiophene rings is 1. The molecular formula is C34H27Cl2F2N3O3S. The molecule has 0 radical (unpaired) electrons. The first-order chi connectivity index (χ1) is 21.4. The number of nitrogens with two attached hydrogens (primary N) is 1. The van der Waals surface area contributed by atoms with Gasteiger partial charge in [-0.1, -0.05) is 54.1 Å². The van der Waals surface area contributed by atoms with Gasteiger partial charge in [0.25, 0.3) is 5.56 Å². The Balaban J connectivity index is 0.00000400. The Bertz CT molecular complexity index is 2080. The van der Waals surface area contributed by atoms with E-state index in [4.69, 9.17) is 16.3 Å². The smallest absolute Gasteiger partial charge is 0.337 e. The number of rotatable bonds is 9. The molecule has 0 bridgehead atoms. The van der Waals surface area contributed by atoms with Crippen molar-refractivity contribution < 1.29 is 31.2 Å². The lowest BCUT2D eigenvalue weighted by Crippen LogP contribution is -3.00. The molecule has 0 atom stereocenters. The summed E-state index contributed by atoms with van der Waals surface area (Å²) in [7, 11) is 1.58. The average Bonchev–Trinajstić information content (AvgIpc) is 3.40. The van der Waals surface area contributed by atoms with Crippen molar-refractivity contribution >= 4 is 33.2 Å². The van der Waals surface area contributed by atoms with Gasteiger partial charge in [-0.25, -0.2) is 18.1 Å². The zero-order chi connectivity index (χ0) is 30.8. The summed E-state index contributed by atoms with van der Waals surface area (Å²) in [6.07, 6.45) is 0. The normalized spacial score (nSPS) is 11.0. The molecule has 0 saturated carbocycles. The molecule has 0 aliphatic carbocycles. The highest BCUT2D eigenvalue weighted by Crippen LogP contribution is 2.37. The van der Waals surface area contributed by atoms with Crippen LogP contribution in [0, 0.1) is 11.6 Å². The van der Waals surface area contributed by atoms with Crippen LogP contribution in [-0.2, 0) is 19.6 Å². The number of nitrogens with zero attached hydrogens (tertiary/aromatic N) is 2. The molecule has 230 valence electrons. The van der Waals surface area contributed by atoms with Crippen molar-refractivity contribution in [3.8, 4) is 21.9 Å². The van der Waals surface area contributed by atoms with Crippen LogP contribution >= 0.6 is 22.9 Å².